The van der Waals surface area contributed by atoms with Crippen LogP contribution in [0.25, 0.3) is 11.3 Å². The number of methoxy groups -OCH3 is 1. The van der Waals surface area contributed by atoms with Gasteiger partial charge >= 0.3 is 6.09 Å². The standard InChI is InChI=1S/C48H53F2N9O6/c1-64-48(63)56-41(31-13-6-3-7-14-31)47(62)59-21-9-16-38(59)44-52-28-36(54-44)32-25-33(49)42(34(50)26-32)57-22-18-29(19-23-57)35-27-51-43(53-35)37-15-8-20-58(37)46(61)40(30-11-4-2-5-12-30)55-45(60)39-17-10-24-65-39/h2-7,11-14,25-29,37-41H,8-10,15-24H2,1H3,(H,51,53)(H,52,54)(H,55,60)(H,56,63)/t37-,38-,39-,40+,41+/m0/s1. The molecule has 9 rings (SSSR count). The summed E-state index contributed by atoms with van der Waals surface area (Å²) in [7, 11) is 1.24. The van der Waals surface area contributed by atoms with Gasteiger partial charge in [0.2, 0.25) is 11.8 Å². The molecule has 4 amide bonds. The number of ether oxygens (including phenoxy) is 2. The third-order valence-corrected chi connectivity index (χ3v) is 13.2. The molecule has 3 aromatic carbocycles. The number of H-pyrrole nitrogens is 2. The number of rotatable bonds is 12. The van der Waals surface area contributed by atoms with Crippen molar-refractivity contribution in [1.29, 1.82) is 0 Å². The predicted octanol–water partition coefficient (Wildman–Crippen LogP) is 6.92. The summed E-state index contributed by atoms with van der Waals surface area (Å²) in [6.07, 6.45) is 7.52. The fourth-order valence-corrected chi connectivity index (χ4v) is 9.84. The number of hydrogen-bond acceptors (Lipinski definition) is 9. The molecule has 2 aromatic heterocycles. The van der Waals surface area contributed by atoms with Crippen LogP contribution in [0.5, 0.6) is 0 Å². The molecule has 4 aliphatic heterocycles. The highest BCUT2D eigenvalue weighted by Crippen LogP contribution is 2.39. The van der Waals surface area contributed by atoms with Gasteiger partial charge in [-0.1, -0.05) is 60.7 Å². The number of hydrogen-bond donors (Lipinski definition) is 4. The summed E-state index contributed by atoms with van der Waals surface area (Å²) in [6.45, 7) is 2.32. The van der Waals surface area contributed by atoms with E-state index in [1.165, 1.54) is 25.4 Å². The zero-order valence-electron chi connectivity index (χ0n) is 36.2. The van der Waals surface area contributed by atoms with Crippen LogP contribution in [-0.4, -0.2) is 99.6 Å². The van der Waals surface area contributed by atoms with Crippen LogP contribution < -0.4 is 15.5 Å². The highest BCUT2D eigenvalue weighted by molar-refractivity contribution is 5.91. The second-order valence-corrected chi connectivity index (χ2v) is 17.2. The molecule has 6 heterocycles. The summed E-state index contributed by atoms with van der Waals surface area (Å²) in [5, 5.41) is 5.63. The van der Waals surface area contributed by atoms with Crippen molar-refractivity contribution in [2.24, 2.45) is 0 Å². The lowest BCUT2D eigenvalue weighted by Gasteiger charge is -2.33. The molecule has 0 bridgehead atoms. The zero-order valence-corrected chi connectivity index (χ0v) is 36.2. The number of nitrogens with one attached hydrogen (secondary N) is 4. The van der Waals surface area contributed by atoms with E-state index < -0.39 is 42.0 Å². The number of imidazole rings is 2. The molecule has 17 heteroatoms. The second kappa shape index (κ2) is 19.2. The first-order valence-corrected chi connectivity index (χ1v) is 22.5. The maximum atomic E-state index is 16.0. The summed E-state index contributed by atoms with van der Waals surface area (Å²) in [5.74, 6) is -0.968. The number of likely N-dealkylation sites (tertiary alicyclic amines) is 2. The monoisotopic (exact) mass is 889 g/mol. The van der Waals surface area contributed by atoms with E-state index in [4.69, 9.17) is 14.5 Å². The minimum absolute atomic E-state index is 0.0656. The van der Waals surface area contributed by atoms with E-state index in [1.54, 1.807) is 45.2 Å². The number of piperidine rings is 1. The summed E-state index contributed by atoms with van der Waals surface area (Å²) in [5.41, 5.74) is 2.82. The Morgan fingerprint density at radius 3 is 1.86 bits per heavy atom. The van der Waals surface area contributed by atoms with E-state index >= 15 is 8.78 Å². The predicted molar refractivity (Wildman–Crippen MR) is 235 cm³/mol. The van der Waals surface area contributed by atoms with Crippen LogP contribution in [0.4, 0.5) is 19.3 Å². The quantitative estimate of drug-likeness (QED) is 0.104. The van der Waals surface area contributed by atoms with Crippen LogP contribution in [0.2, 0.25) is 0 Å². The SMILES string of the molecule is COC(=O)N[C@@H](C(=O)N1CCC[C@H]1c1ncc(-c2cc(F)c(N3CCC(c4cnc([C@@H]5CCCN5C(=O)[C@H](NC(=O)[C@@H]5CCCO5)c5ccccc5)[nH]4)CC3)c(F)c2)[nH]1)c1ccccc1. The maximum Gasteiger partial charge on any atom is 0.407 e. The summed E-state index contributed by atoms with van der Waals surface area (Å²) >= 11 is 0. The molecule has 5 atom stereocenters. The van der Waals surface area contributed by atoms with Gasteiger partial charge in [0.15, 0.2) is 0 Å². The minimum atomic E-state index is -0.977. The van der Waals surface area contributed by atoms with Crippen LogP contribution >= 0.6 is 0 Å². The van der Waals surface area contributed by atoms with Gasteiger partial charge < -0.3 is 44.8 Å². The van der Waals surface area contributed by atoms with Crippen molar-refractivity contribution in [2.45, 2.75) is 87.6 Å². The van der Waals surface area contributed by atoms with Crippen molar-refractivity contribution < 1.29 is 37.4 Å². The Bertz CT molecular complexity index is 2460. The lowest BCUT2D eigenvalue weighted by molar-refractivity contribution is -0.140. The largest absolute Gasteiger partial charge is 0.453 e. The zero-order chi connectivity index (χ0) is 45.0. The molecule has 0 spiro atoms. The smallest absolute Gasteiger partial charge is 0.407 e. The normalized spacial score (nSPS) is 21.0. The van der Waals surface area contributed by atoms with E-state index in [0.717, 1.165) is 25.0 Å². The van der Waals surface area contributed by atoms with Crippen LogP contribution in [0.15, 0.2) is 85.2 Å². The molecule has 4 saturated heterocycles. The summed E-state index contributed by atoms with van der Waals surface area (Å²) in [4.78, 5) is 74.7. The lowest BCUT2D eigenvalue weighted by atomic mass is 9.93. The van der Waals surface area contributed by atoms with Gasteiger partial charge in [0, 0.05) is 56.2 Å². The molecule has 65 heavy (non-hydrogen) atoms. The molecular formula is C48H53F2N9O6. The number of halogens is 2. The number of aromatic nitrogens is 4. The Hall–Kier alpha value is -6.62. The molecule has 0 radical (unpaired) electrons. The average molecular weight is 890 g/mol. The first-order chi connectivity index (χ1) is 31.7. The van der Waals surface area contributed by atoms with Crippen molar-refractivity contribution >= 4 is 29.5 Å². The van der Waals surface area contributed by atoms with Gasteiger partial charge in [-0.3, -0.25) is 14.4 Å². The Balaban J connectivity index is 0.840. The fraction of sp³-hybridized carbons (Fsp3) is 0.417. The number of anilines is 1. The molecular weight excluding hydrogens is 837 g/mol. The van der Waals surface area contributed by atoms with Crippen molar-refractivity contribution in [1.82, 2.24) is 40.4 Å². The van der Waals surface area contributed by atoms with Gasteiger partial charge in [-0.15, -0.1) is 0 Å². The maximum absolute atomic E-state index is 16.0. The highest BCUT2D eigenvalue weighted by atomic mass is 19.1. The number of carbonyl (C=O) groups is 4. The van der Waals surface area contributed by atoms with Crippen molar-refractivity contribution in [2.75, 3.05) is 44.8 Å². The minimum Gasteiger partial charge on any atom is -0.453 e. The molecule has 5 aromatic rings. The summed E-state index contributed by atoms with van der Waals surface area (Å²) in [6, 6.07) is 18.2. The lowest BCUT2D eigenvalue weighted by Crippen LogP contribution is -2.45. The molecule has 4 N–H and O–H groups in total. The van der Waals surface area contributed by atoms with Gasteiger partial charge in [-0.25, -0.2) is 23.5 Å². The van der Waals surface area contributed by atoms with Crippen molar-refractivity contribution in [3.8, 4) is 11.3 Å². The number of nitrogens with zero attached hydrogens (tertiary/aromatic N) is 5. The van der Waals surface area contributed by atoms with Gasteiger partial charge in [-0.2, -0.15) is 0 Å². The molecule has 340 valence electrons. The summed E-state index contributed by atoms with van der Waals surface area (Å²) < 4.78 is 42.3. The van der Waals surface area contributed by atoms with Crippen LogP contribution in [0, 0.1) is 11.6 Å². The van der Waals surface area contributed by atoms with Crippen molar-refractivity contribution in [3.05, 3.63) is 125 Å². The van der Waals surface area contributed by atoms with Crippen LogP contribution in [0.1, 0.15) is 110 Å². The second-order valence-electron chi connectivity index (χ2n) is 17.2. The van der Waals surface area contributed by atoms with Gasteiger partial charge in [0.05, 0.1) is 31.1 Å². The molecule has 15 nitrogen and oxygen atoms in total. The molecule has 0 unspecified atom stereocenters. The van der Waals surface area contributed by atoms with Gasteiger partial charge in [-0.05, 0) is 74.6 Å². The number of benzene rings is 3. The molecule has 0 saturated carbocycles. The Labute approximate surface area is 375 Å². The molecule has 0 aliphatic carbocycles. The van der Waals surface area contributed by atoms with Crippen LogP contribution in [-0.2, 0) is 23.9 Å². The van der Waals surface area contributed by atoms with E-state index in [1.807, 2.05) is 36.4 Å². The highest BCUT2D eigenvalue weighted by Gasteiger charge is 2.40. The number of aromatic amines is 2. The van der Waals surface area contributed by atoms with E-state index in [-0.39, 0.29) is 40.9 Å². The van der Waals surface area contributed by atoms with E-state index in [0.29, 0.717) is 93.4 Å². The first-order valence-electron chi connectivity index (χ1n) is 22.5. The average Bonchev–Trinajstić information content (AvgIpc) is 4.20. The van der Waals surface area contributed by atoms with E-state index in [2.05, 4.69) is 25.6 Å². The first kappa shape index (κ1) is 43.6. The van der Waals surface area contributed by atoms with Crippen LogP contribution in [0.3, 0.4) is 0 Å². The number of amides is 4. The third kappa shape index (κ3) is 9.19. The molecule has 4 aliphatic rings. The Morgan fingerprint density at radius 2 is 1.29 bits per heavy atom. The number of alkyl carbamates (subject to hydrolysis) is 1. The van der Waals surface area contributed by atoms with Gasteiger partial charge in [0.25, 0.3) is 5.91 Å². The van der Waals surface area contributed by atoms with Gasteiger partial charge in [0.1, 0.15) is 47.2 Å². The van der Waals surface area contributed by atoms with Crippen molar-refractivity contribution in [3.63, 3.8) is 0 Å². The fourth-order valence-electron chi connectivity index (χ4n) is 9.84. The third-order valence-electron chi connectivity index (χ3n) is 13.2. The molecule has 4 fully saturated rings. The Morgan fingerprint density at radius 1 is 0.723 bits per heavy atom. The topological polar surface area (TPSA) is 178 Å². The Kier molecular flexibility index (Phi) is 12.9. The number of carbonyl (C=O) groups excluding carboxylic acids is 4. The van der Waals surface area contributed by atoms with E-state index in [9.17, 15) is 19.2 Å².